The highest BCUT2D eigenvalue weighted by Gasteiger charge is 2.50. The lowest BCUT2D eigenvalue weighted by molar-refractivity contribution is -0.137. The minimum atomic E-state index is -0.216. The van der Waals surface area contributed by atoms with E-state index in [2.05, 4.69) is 0 Å². The monoisotopic (exact) mass is 321 g/mol. The fourth-order valence-electron chi connectivity index (χ4n) is 4.22. The Labute approximate surface area is 137 Å². The number of carbonyl (C=O) groups excluding carboxylic acids is 3. The highest BCUT2D eigenvalue weighted by atomic mass is 16.2. The zero-order chi connectivity index (χ0) is 16.6. The summed E-state index contributed by atoms with van der Waals surface area (Å²) < 4.78 is 0. The fraction of sp³-hybridized carbons (Fsp3) is 0.824. The van der Waals surface area contributed by atoms with Crippen molar-refractivity contribution in [1.82, 2.24) is 14.7 Å². The van der Waals surface area contributed by atoms with Gasteiger partial charge in [0.05, 0.1) is 0 Å². The van der Waals surface area contributed by atoms with Crippen LogP contribution in [0.5, 0.6) is 0 Å². The van der Waals surface area contributed by atoms with Gasteiger partial charge >= 0.3 is 6.03 Å². The van der Waals surface area contributed by atoms with Gasteiger partial charge in [-0.1, -0.05) is 13.8 Å². The van der Waals surface area contributed by atoms with Crippen molar-refractivity contribution in [2.75, 3.05) is 19.6 Å². The Balaban J connectivity index is 1.60. The number of carbonyl (C=O) groups is 3. The van der Waals surface area contributed by atoms with Crippen molar-refractivity contribution in [2.45, 2.75) is 64.5 Å². The van der Waals surface area contributed by atoms with Gasteiger partial charge in [-0.15, -0.1) is 0 Å². The predicted octanol–water partition coefficient (Wildman–Crippen LogP) is 1.84. The van der Waals surface area contributed by atoms with Crippen LogP contribution >= 0.6 is 0 Å². The second kappa shape index (κ2) is 6.49. The molecule has 4 amide bonds. The number of urea groups is 1. The van der Waals surface area contributed by atoms with Crippen LogP contribution < -0.4 is 0 Å². The van der Waals surface area contributed by atoms with E-state index in [-0.39, 0.29) is 35.8 Å². The van der Waals surface area contributed by atoms with Gasteiger partial charge in [-0.2, -0.15) is 0 Å². The molecule has 3 fully saturated rings. The lowest BCUT2D eigenvalue weighted by atomic mass is 9.98. The lowest BCUT2D eigenvalue weighted by Gasteiger charge is -2.37. The Morgan fingerprint density at radius 1 is 1.09 bits per heavy atom. The molecule has 0 unspecified atom stereocenters. The first-order valence-electron chi connectivity index (χ1n) is 9.00. The van der Waals surface area contributed by atoms with Crippen molar-refractivity contribution in [1.29, 1.82) is 0 Å². The summed E-state index contributed by atoms with van der Waals surface area (Å²) in [6, 6.07) is -0.361. The minimum absolute atomic E-state index is 0.0164. The Morgan fingerprint density at radius 3 is 2.30 bits per heavy atom. The predicted molar refractivity (Wildman–Crippen MR) is 85.6 cm³/mol. The molecule has 0 spiro atoms. The first kappa shape index (κ1) is 16.3. The molecule has 3 heterocycles. The molecule has 0 N–H and O–H groups in total. The van der Waals surface area contributed by atoms with Gasteiger partial charge in [-0.3, -0.25) is 14.5 Å². The van der Waals surface area contributed by atoms with Gasteiger partial charge in [-0.25, -0.2) is 4.79 Å². The van der Waals surface area contributed by atoms with E-state index in [0.717, 1.165) is 25.7 Å². The van der Waals surface area contributed by atoms with Gasteiger partial charge < -0.3 is 9.80 Å². The van der Waals surface area contributed by atoms with E-state index < -0.39 is 0 Å². The van der Waals surface area contributed by atoms with Crippen molar-refractivity contribution >= 4 is 17.8 Å². The summed E-state index contributed by atoms with van der Waals surface area (Å²) in [6.45, 7) is 6.11. The van der Waals surface area contributed by atoms with Gasteiger partial charge in [0, 0.05) is 31.6 Å². The van der Waals surface area contributed by atoms with E-state index in [1.54, 1.807) is 4.90 Å². The van der Waals surface area contributed by atoms with E-state index >= 15 is 0 Å². The Hall–Kier alpha value is -1.59. The molecule has 0 aromatic rings. The number of piperidine rings is 1. The topological polar surface area (TPSA) is 60.9 Å². The van der Waals surface area contributed by atoms with E-state index in [1.165, 1.54) is 4.90 Å². The van der Waals surface area contributed by atoms with Crippen molar-refractivity contribution < 1.29 is 14.4 Å². The van der Waals surface area contributed by atoms with Crippen LogP contribution in [0.2, 0.25) is 0 Å². The van der Waals surface area contributed by atoms with Crippen LogP contribution in [0.25, 0.3) is 0 Å². The van der Waals surface area contributed by atoms with Gasteiger partial charge in [0.15, 0.2) is 0 Å². The van der Waals surface area contributed by atoms with Gasteiger partial charge in [0.1, 0.15) is 6.04 Å². The van der Waals surface area contributed by atoms with Crippen LogP contribution in [0.15, 0.2) is 0 Å². The number of rotatable bonds is 4. The van der Waals surface area contributed by atoms with Crippen LogP contribution in [0.3, 0.4) is 0 Å². The molecule has 128 valence electrons. The summed E-state index contributed by atoms with van der Waals surface area (Å²) in [5.41, 5.74) is 0. The molecule has 0 saturated carbocycles. The molecule has 0 aliphatic carbocycles. The summed E-state index contributed by atoms with van der Waals surface area (Å²) in [6.07, 6.45) is 4.89. The van der Waals surface area contributed by atoms with Crippen LogP contribution in [0.4, 0.5) is 4.79 Å². The average molecular weight is 321 g/mol. The smallest absolute Gasteiger partial charge is 0.327 e. The number of nitrogens with zero attached hydrogens (tertiary/aromatic N) is 3. The molecular weight excluding hydrogens is 294 g/mol. The van der Waals surface area contributed by atoms with Crippen LogP contribution in [0, 0.1) is 5.92 Å². The number of imide groups is 1. The maximum Gasteiger partial charge on any atom is 0.327 e. The quantitative estimate of drug-likeness (QED) is 0.742. The fourth-order valence-corrected chi connectivity index (χ4v) is 4.22. The molecule has 0 aromatic carbocycles. The Kier molecular flexibility index (Phi) is 4.60. The molecule has 0 aromatic heterocycles. The molecule has 6 nitrogen and oxygen atoms in total. The molecule has 3 aliphatic rings. The number of likely N-dealkylation sites (tertiary alicyclic amines) is 1. The summed E-state index contributed by atoms with van der Waals surface area (Å²) >= 11 is 0. The van der Waals surface area contributed by atoms with E-state index in [4.69, 9.17) is 0 Å². The summed E-state index contributed by atoms with van der Waals surface area (Å²) in [5, 5.41) is 0. The number of fused-ring (bicyclic) bond motifs is 1. The number of hydrogen-bond acceptors (Lipinski definition) is 3. The van der Waals surface area contributed by atoms with E-state index in [9.17, 15) is 14.4 Å². The van der Waals surface area contributed by atoms with Gasteiger partial charge in [0.25, 0.3) is 5.91 Å². The standard InChI is InChI=1S/C17H27N3O3/c1-3-12(4-2)15(21)18-10-7-13(8-11-18)20-16(22)14-6-5-9-19(14)17(20)23/h12-14H,3-11H2,1-2H3/t14-/m1/s1. The van der Waals surface area contributed by atoms with Crippen LogP contribution in [0.1, 0.15) is 52.4 Å². The maximum atomic E-state index is 12.5. The normalized spacial score (nSPS) is 25.7. The van der Waals surface area contributed by atoms with E-state index in [0.29, 0.717) is 32.5 Å². The second-order valence-electron chi connectivity index (χ2n) is 6.91. The zero-order valence-corrected chi connectivity index (χ0v) is 14.2. The molecular formula is C17H27N3O3. The number of amides is 4. The van der Waals surface area contributed by atoms with E-state index in [1.807, 2.05) is 18.7 Å². The minimum Gasteiger partial charge on any atom is -0.342 e. The largest absolute Gasteiger partial charge is 0.342 e. The summed E-state index contributed by atoms with van der Waals surface area (Å²) in [7, 11) is 0. The Morgan fingerprint density at radius 2 is 1.74 bits per heavy atom. The maximum absolute atomic E-state index is 12.5. The molecule has 6 heteroatoms. The van der Waals surface area contributed by atoms with Crippen molar-refractivity contribution in [3.8, 4) is 0 Å². The first-order valence-corrected chi connectivity index (χ1v) is 9.00. The lowest BCUT2D eigenvalue weighted by Crippen LogP contribution is -2.50. The van der Waals surface area contributed by atoms with Crippen molar-refractivity contribution in [2.24, 2.45) is 5.92 Å². The first-order chi connectivity index (χ1) is 11.1. The SMILES string of the molecule is CCC(CC)C(=O)N1CCC(N2C(=O)[C@H]3CCCN3C2=O)CC1. The molecule has 3 saturated heterocycles. The molecule has 0 radical (unpaired) electrons. The molecule has 3 aliphatic heterocycles. The zero-order valence-electron chi connectivity index (χ0n) is 14.2. The Bertz CT molecular complexity index is 473. The molecule has 1 atom stereocenters. The summed E-state index contributed by atoms with van der Waals surface area (Å²) in [4.78, 5) is 42.5. The second-order valence-corrected chi connectivity index (χ2v) is 6.91. The van der Waals surface area contributed by atoms with Crippen molar-refractivity contribution in [3.63, 3.8) is 0 Å². The third-order valence-corrected chi connectivity index (χ3v) is 5.70. The average Bonchev–Trinajstić information content (AvgIpc) is 3.13. The third-order valence-electron chi connectivity index (χ3n) is 5.70. The number of hydrogen-bond donors (Lipinski definition) is 0. The van der Waals surface area contributed by atoms with Gasteiger partial charge in [0.2, 0.25) is 5.91 Å². The highest BCUT2D eigenvalue weighted by Crippen LogP contribution is 2.31. The van der Waals surface area contributed by atoms with Crippen LogP contribution in [-0.2, 0) is 9.59 Å². The third kappa shape index (κ3) is 2.72. The molecule has 23 heavy (non-hydrogen) atoms. The molecule has 0 bridgehead atoms. The van der Waals surface area contributed by atoms with Crippen molar-refractivity contribution in [3.05, 3.63) is 0 Å². The highest BCUT2D eigenvalue weighted by molar-refractivity contribution is 6.04. The van der Waals surface area contributed by atoms with Crippen LogP contribution in [-0.4, -0.2) is 64.3 Å². The molecule has 3 rings (SSSR count). The summed E-state index contributed by atoms with van der Waals surface area (Å²) in [5.74, 6) is 0.317. The van der Waals surface area contributed by atoms with Gasteiger partial charge in [-0.05, 0) is 38.5 Å².